The highest BCUT2D eigenvalue weighted by molar-refractivity contribution is 5.77. The van der Waals surface area contributed by atoms with Gasteiger partial charge in [0.15, 0.2) is 0 Å². The van der Waals surface area contributed by atoms with Crippen molar-refractivity contribution in [2.24, 2.45) is 11.8 Å². The van der Waals surface area contributed by atoms with Crippen molar-refractivity contribution in [3.8, 4) is 0 Å². The molecule has 3 atom stereocenters. The summed E-state index contributed by atoms with van der Waals surface area (Å²) in [5.41, 5.74) is 1.12. The number of rotatable bonds is 11. The topological polar surface area (TPSA) is 102 Å². The minimum atomic E-state index is -1.14. The van der Waals surface area contributed by atoms with Crippen LogP contribution in [-0.2, 0) is 25.5 Å². The van der Waals surface area contributed by atoms with Crippen LogP contribution >= 0.6 is 0 Å². The molecule has 0 saturated carbocycles. The number of benzene rings is 2. The molecule has 182 valence electrons. The average molecular weight is 468 g/mol. The molecule has 0 heterocycles. The molecule has 0 saturated heterocycles. The van der Waals surface area contributed by atoms with E-state index >= 15 is 0 Å². The smallest absolute Gasteiger partial charge is 0.407 e. The number of carbonyl (C=O) groups is 3. The molecule has 0 aliphatic rings. The molecule has 34 heavy (non-hydrogen) atoms. The first kappa shape index (κ1) is 26.6. The third-order valence-corrected chi connectivity index (χ3v) is 5.06. The fourth-order valence-corrected chi connectivity index (χ4v) is 3.34. The van der Waals surface area contributed by atoms with Gasteiger partial charge in [-0.25, -0.2) is 4.79 Å². The second-order valence-electron chi connectivity index (χ2n) is 9.02. The van der Waals surface area contributed by atoms with Gasteiger partial charge in [-0.3, -0.25) is 9.59 Å². The number of hydrogen-bond acceptors (Lipinski definition) is 5. The maximum Gasteiger partial charge on any atom is 0.407 e. The fraction of sp³-hybridized carbons (Fsp3) is 0.370. The molecule has 2 aromatic rings. The van der Waals surface area contributed by atoms with Gasteiger partial charge < -0.3 is 19.9 Å². The van der Waals surface area contributed by atoms with E-state index in [2.05, 4.69) is 11.9 Å². The molecule has 0 fully saturated rings. The first-order valence-electron chi connectivity index (χ1n) is 11.2. The minimum absolute atomic E-state index is 0.0554. The Morgan fingerprint density at radius 1 is 1.03 bits per heavy atom. The van der Waals surface area contributed by atoms with Crippen LogP contribution in [0.4, 0.5) is 4.79 Å². The summed E-state index contributed by atoms with van der Waals surface area (Å²) in [5.74, 6) is -3.52. The average Bonchev–Trinajstić information content (AvgIpc) is 2.78. The summed E-state index contributed by atoms with van der Waals surface area (Å²) in [6.45, 7) is 8.62. The summed E-state index contributed by atoms with van der Waals surface area (Å²) in [5, 5.41) is 12.2. The number of carboxylic acid groups (broad SMARTS) is 1. The number of carboxylic acids is 1. The summed E-state index contributed by atoms with van der Waals surface area (Å²) in [7, 11) is 0. The molecular formula is C27H33NO6. The quantitative estimate of drug-likeness (QED) is 0.359. The molecule has 0 aliphatic carbocycles. The molecule has 0 aliphatic heterocycles. The van der Waals surface area contributed by atoms with Gasteiger partial charge in [0.1, 0.15) is 11.7 Å². The molecule has 2 aromatic carbocycles. The number of ether oxygens (including phenoxy) is 2. The summed E-state index contributed by atoms with van der Waals surface area (Å²) in [6.07, 6.45) is 0.504. The highest BCUT2D eigenvalue weighted by Gasteiger charge is 2.29. The van der Waals surface area contributed by atoms with E-state index < -0.39 is 41.6 Å². The SMILES string of the molecule is C=CC(C[C@H](CNC(=O)OC(Cc1ccccc1)c1ccccc1)C(=O)O)C(=O)OC(C)(C)C. The van der Waals surface area contributed by atoms with Gasteiger partial charge in [-0.2, -0.15) is 0 Å². The molecule has 1 amide bonds. The van der Waals surface area contributed by atoms with Crippen molar-refractivity contribution in [1.29, 1.82) is 0 Å². The van der Waals surface area contributed by atoms with Crippen molar-refractivity contribution in [2.75, 3.05) is 6.54 Å². The van der Waals surface area contributed by atoms with Gasteiger partial charge in [0.25, 0.3) is 0 Å². The van der Waals surface area contributed by atoms with Crippen LogP contribution in [0.5, 0.6) is 0 Å². The molecule has 2 unspecified atom stereocenters. The van der Waals surface area contributed by atoms with Crippen LogP contribution in [-0.4, -0.2) is 35.3 Å². The highest BCUT2D eigenvalue weighted by Crippen LogP contribution is 2.23. The second-order valence-corrected chi connectivity index (χ2v) is 9.02. The Hall–Kier alpha value is -3.61. The normalized spacial score (nSPS) is 13.7. The van der Waals surface area contributed by atoms with E-state index in [0.29, 0.717) is 6.42 Å². The third kappa shape index (κ3) is 9.10. The summed E-state index contributed by atoms with van der Waals surface area (Å²) < 4.78 is 11.0. The summed E-state index contributed by atoms with van der Waals surface area (Å²) >= 11 is 0. The number of aliphatic carboxylic acids is 1. The molecule has 0 aromatic heterocycles. The number of carbonyl (C=O) groups excluding carboxylic acids is 2. The Labute approximate surface area is 200 Å². The van der Waals surface area contributed by atoms with Crippen molar-refractivity contribution < 1.29 is 29.0 Å². The number of esters is 1. The maximum absolute atomic E-state index is 12.6. The highest BCUT2D eigenvalue weighted by atomic mass is 16.6. The number of nitrogens with one attached hydrogen (secondary N) is 1. The predicted molar refractivity (Wildman–Crippen MR) is 129 cm³/mol. The van der Waals surface area contributed by atoms with Crippen LogP contribution < -0.4 is 5.32 Å². The van der Waals surface area contributed by atoms with E-state index in [-0.39, 0.29) is 13.0 Å². The molecule has 7 heteroatoms. The summed E-state index contributed by atoms with van der Waals surface area (Å²) in [6, 6.07) is 19.0. The van der Waals surface area contributed by atoms with Crippen LogP contribution in [0.3, 0.4) is 0 Å². The van der Waals surface area contributed by atoms with Gasteiger partial charge in [0, 0.05) is 13.0 Å². The van der Waals surface area contributed by atoms with Gasteiger partial charge >= 0.3 is 18.0 Å². The molecule has 0 spiro atoms. The fourth-order valence-electron chi connectivity index (χ4n) is 3.34. The number of amides is 1. The largest absolute Gasteiger partial charge is 0.481 e. The lowest BCUT2D eigenvalue weighted by Gasteiger charge is -2.24. The van der Waals surface area contributed by atoms with Gasteiger partial charge in [-0.1, -0.05) is 66.7 Å². The zero-order chi connectivity index (χ0) is 25.1. The Morgan fingerprint density at radius 3 is 2.15 bits per heavy atom. The van der Waals surface area contributed by atoms with Crippen molar-refractivity contribution in [2.45, 2.75) is 45.3 Å². The van der Waals surface area contributed by atoms with Crippen molar-refractivity contribution in [3.05, 3.63) is 84.4 Å². The van der Waals surface area contributed by atoms with Gasteiger partial charge in [0.05, 0.1) is 11.8 Å². The molecule has 0 bridgehead atoms. The van der Waals surface area contributed by atoms with Crippen molar-refractivity contribution in [1.82, 2.24) is 5.32 Å². The summed E-state index contributed by atoms with van der Waals surface area (Å²) in [4.78, 5) is 36.7. The van der Waals surface area contributed by atoms with E-state index in [1.165, 1.54) is 6.08 Å². The Morgan fingerprint density at radius 2 is 1.62 bits per heavy atom. The number of alkyl carbamates (subject to hydrolysis) is 1. The van der Waals surface area contributed by atoms with Gasteiger partial charge in [0.2, 0.25) is 0 Å². The lowest BCUT2D eigenvalue weighted by Crippen LogP contribution is -2.36. The van der Waals surface area contributed by atoms with Gasteiger partial charge in [-0.15, -0.1) is 6.58 Å². The molecule has 0 radical (unpaired) electrons. The zero-order valence-electron chi connectivity index (χ0n) is 19.9. The second kappa shape index (κ2) is 12.6. The number of hydrogen-bond donors (Lipinski definition) is 2. The zero-order valence-corrected chi connectivity index (χ0v) is 19.9. The first-order chi connectivity index (χ1) is 16.1. The van der Waals surface area contributed by atoms with Gasteiger partial charge in [-0.05, 0) is 38.3 Å². The van der Waals surface area contributed by atoms with Crippen LogP contribution in [0.2, 0.25) is 0 Å². The van der Waals surface area contributed by atoms with E-state index in [1.54, 1.807) is 20.8 Å². The van der Waals surface area contributed by atoms with E-state index in [0.717, 1.165) is 11.1 Å². The van der Waals surface area contributed by atoms with Crippen molar-refractivity contribution in [3.63, 3.8) is 0 Å². The Balaban J connectivity index is 2.02. The van der Waals surface area contributed by atoms with E-state index in [9.17, 15) is 19.5 Å². The van der Waals surface area contributed by atoms with Crippen LogP contribution in [0.15, 0.2) is 73.3 Å². The molecule has 2 rings (SSSR count). The Kier molecular flexibility index (Phi) is 9.86. The van der Waals surface area contributed by atoms with Crippen LogP contribution in [0.25, 0.3) is 0 Å². The van der Waals surface area contributed by atoms with Crippen LogP contribution in [0.1, 0.15) is 44.4 Å². The maximum atomic E-state index is 12.6. The standard InChI is InChI=1S/C27H33NO6/c1-5-20(25(31)34-27(2,3)4)17-22(24(29)30)18-28-26(32)33-23(21-14-10-7-11-15-21)16-19-12-8-6-9-13-19/h5-15,20,22-23H,1,16-18H2,2-4H3,(H,28,32)(H,29,30)/t20?,22-,23?/m1/s1. The predicted octanol–water partition coefficient (Wildman–Crippen LogP) is 4.93. The molecule has 2 N–H and O–H groups in total. The lowest BCUT2D eigenvalue weighted by atomic mass is 9.94. The first-order valence-corrected chi connectivity index (χ1v) is 11.2. The van der Waals surface area contributed by atoms with Crippen molar-refractivity contribution >= 4 is 18.0 Å². The van der Waals surface area contributed by atoms with E-state index in [4.69, 9.17) is 9.47 Å². The molecule has 7 nitrogen and oxygen atoms in total. The van der Waals surface area contributed by atoms with Crippen LogP contribution in [0, 0.1) is 11.8 Å². The minimum Gasteiger partial charge on any atom is -0.481 e. The lowest BCUT2D eigenvalue weighted by molar-refractivity contribution is -0.159. The Bertz CT molecular complexity index is 952. The monoisotopic (exact) mass is 467 g/mol. The third-order valence-electron chi connectivity index (χ3n) is 5.06. The molecular weight excluding hydrogens is 434 g/mol. The van der Waals surface area contributed by atoms with E-state index in [1.807, 2.05) is 60.7 Å².